The first-order valence-electron chi connectivity index (χ1n) is 7.12. The smallest absolute Gasteiger partial charge is 0.262 e. The molecule has 0 bridgehead atoms. The summed E-state index contributed by atoms with van der Waals surface area (Å²) >= 11 is 2.47. The highest BCUT2D eigenvalue weighted by molar-refractivity contribution is 7.99. The number of primary sulfonamides is 1. The molecule has 0 fully saturated rings. The fourth-order valence-corrected chi connectivity index (χ4v) is 5.53. The second-order valence-electron chi connectivity index (χ2n) is 5.47. The van der Waals surface area contributed by atoms with Crippen LogP contribution in [-0.2, 0) is 10.0 Å². The molecule has 1 aromatic carbocycles. The quantitative estimate of drug-likeness (QED) is 0.849. The van der Waals surface area contributed by atoms with Crippen LogP contribution in [0.1, 0.15) is 33.3 Å². The second-order valence-corrected chi connectivity index (χ2v) is 9.45. The number of hydrogen-bond acceptors (Lipinski definition) is 5. The van der Waals surface area contributed by atoms with Crippen molar-refractivity contribution in [1.82, 2.24) is 5.32 Å². The Kier molecular flexibility index (Phi) is 4.69. The van der Waals surface area contributed by atoms with Gasteiger partial charge in [0.05, 0.1) is 10.9 Å². The molecule has 1 amide bonds. The maximum atomic E-state index is 13.5. The average molecular weight is 386 g/mol. The minimum Gasteiger partial charge on any atom is -0.344 e. The van der Waals surface area contributed by atoms with Gasteiger partial charge >= 0.3 is 0 Å². The maximum Gasteiger partial charge on any atom is 0.262 e. The molecule has 0 spiro atoms. The first-order valence-corrected chi connectivity index (χ1v) is 10.5. The number of nitrogens with two attached hydrogens (primary N) is 1. The van der Waals surface area contributed by atoms with Crippen LogP contribution in [-0.4, -0.2) is 20.1 Å². The van der Waals surface area contributed by atoms with Gasteiger partial charge in [-0.2, -0.15) is 0 Å². The Balaban J connectivity index is 1.87. The van der Waals surface area contributed by atoms with E-state index in [1.165, 1.54) is 18.2 Å². The first-order chi connectivity index (χ1) is 11.3. The zero-order valence-electron chi connectivity index (χ0n) is 12.7. The Morgan fingerprint density at radius 3 is 2.79 bits per heavy atom. The number of amides is 1. The SMILES string of the molecule is Cc1cc(S(N)(=O)=O)sc1C(=O)N[C@H]1CCSc2ccc(F)cc21. The van der Waals surface area contributed by atoms with Crippen LogP contribution in [0.25, 0.3) is 0 Å². The summed E-state index contributed by atoms with van der Waals surface area (Å²) in [5.74, 6) is 0.0916. The van der Waals surface area contributed by atoms with E-state index in [1.807, 2.05) is 0 Å². The topological polar surface area (TPSA) is 89.3 Å². The Morgan fingerprint density at radius 2 is 2.12 bits per heavy atom. The summed E-state index contributed by atoms with van der Waals surface area (Å²) in [6, 6.07) is 5.63. The van der Waals surface area contributed by atoms with Gasteiger partial charge in [0, 0.05) is 10.6 Å². The third-order valence-corrected chi connectivity index (χ3v) is 7.48. The standard InChI is InChI=1S/C15H15FN2O3S3/c1-8-6-13(24(17,20)21)23-14(8)15(19)18-11-4-5-22-12-3-2-9(16)7-10(11)12/h2-3,6-7,11H,4-5H2,1H3,(H,18,19)(H2,17,20,21)/t11-/m0/s1. The lowest BCUT2D eigenvalue weighted by Crippen LogP contribution is -2.30. The van der Waals surface area contributed by atoms with Gasteiger partial charge < -0.3 is 5.32 Å². The maximum absolute atomic E-state index is 13.5. The van der Waals surface area contributed by atoms with Gasteiger partial charge in [0.2, 0.25) is 10.0 Å². The highest BCUT2D eigenvalue weighted by Gasteiger charge is 2.25. The molecule has 2 heterocycles. The van der Waals surface area contributed by atoms with Gasteiger partial charge in [-0.3, -0.25) is 4.79 Å². The van der Waals surface area contributed by atoms with Crippen LogP contribution < -0.4 is 10.5 Å². The van der Waals surface area contributed by atoms with Crippen molar-refractivity contribution in [2.75, 3.05) is 5.75 Å². The van der Waals surface area contributed by atoms with Gasteiger partial charge in [-0.25, -0.2) is 17.9 Å². The van der Waals surface area contributed by atoms with Gasteiger partial charge in [-0.15, -0.1) is 23.1 Å². The van der Waals surface area contributed by atoms with Gasteiger partial charge in [0.25, 0.3) is 5.91 Å². The zero-order valence-corrected chi connectivity index (χ0v) is 15.2. The van der Waals surface area contributed by atoms with E-state index in [1.54, 1.807) is 24.8 Å². The summed E-state index contributed by atoms with van der Waals surface area (Å²) in [6.07, 6.45) is 0.680. The fourth-order valence-electron chi connectivity index (χ4n) is 2.56. The number of fused-ring (bicyclic) bond motifs is 1. The minimum atomic E-state index is -3.84. The molecule has 0 saturated carbocycles. The van der Waals surface area contributed by atoms with Gasteiger partial charge in [-0.05, 0) is 48.7 Å². The molecule has 2 aromatic rings. The molecule has 3 N–H and O–H groups in total. The molecule has 128 valence electrons. The van der Waals surface area contributed by atoms with E-state index in [2.05, 4.69) is 5.32 Å². The molecule has 1 atom stereocenters. The van der Waals surface area contributed by atoms with Crippen molar-refractivity contribution in [3.63, 3.8) is 0 Å². The lowest BCUT2D eigenvalue weighted by molar-refractivity contribution is 0.0938. The van der Waals surface area contributed by atoms with E-state index in [0.717, 1.165) is 27.5 Å². The lowest BCUT2D eigenvalue weighted by Gasteiger charge is -2.25. The molecule has 1 aliphatic rings. The van der Waals surface area contributed by atoms with Crippen molar-refractivity contribution in [1.29, 1.82) is 0 Å². The molecule has 9 heteroatoms. The van der Waals surface area contributed by atoms with E-state index in [0.29, 0.717) is 16.9 Å². The number of aryl methyl sites for hydroxylation is 1. The van der Waals surface area contributed by atoms with Crippen LogP contribution in [0.4, 0.5) is 4.39 Å². The summed E-state index contributed by atoms with van der Waals surface area (Å²) in [4.78, 5) is 13.8. The van der Waals surface area contributed by atoms with Gasteiger partial charge in [-0.1, -0.05) is 0 Å². The van der Waals surface area contributed by atoms with Crippen molar-refractivity contribution in [2.24, 2.45) is 5.14 Å². The molecular weight excluding hydrogens is 371 g/mol. The van der Waals surface area contributed by atoms with E-state index in [4.69, 9.17) is 5.14 Å². The zero-order chi connectivity index (χ0) is 17.5. The molecule has 0 saturated heterocycles. The average Bonchev–Trinajstić information content (AvgIpc) is 2.90. The summed E-state index contributed by atoms with van der Waals surface area (Å²) in [5, 5.41) is 7.99. The Labute approximate surface area is 147 Å². The number of carbonyl (C=O) groups excluding carboxylic acids is 1. The number of halogens is 1. The van der Waals surface area contributed by atoms with Crippen molar-refractivity contribution >= 4 is 39.0 Å². The van der Waals surface area contributed by atoms with E-state index in [-0.39, 0.29) is 22.0 Å². The molecule has 3 rings (SSSR count). The van der Waals surface area contributed by atoms with Crippen LogP contribution in [0, 0.1) is 12.7 Å². The van der Waals surface area contributed by atoms with Crippen LogP contribution in [0.5, 0.6) is 0 Å². The number of nitrogens with one attached hydrogen (secondary N) is 1. The third kappa shape index (κ3) is 3.49. The summed E-state index contributed by atoms with van der Waals surface area (Å²) in [6.45, 7) is 1.66. The molecule has 1 aliphatic heterocycles. The number of hydrogen-bond donors (Lipinski definition) is 2. The number of benzene rings is 1. The van der Waals surface area contributed by atoms with E-state index >= 15 is 0 Å². The molecule has 0 aliphatic carbocycles. The second kappa shape index (κ2) is 6.47. The van der Waals surface area contributed by atoms with Crippen molar-refractivity contribution < 1.29 is 17.6 Å². The van der Waals surface area contributed by atoms with Crippen LogP contribution in [0.2, 0.25) is 0 Å². The van der Waals surface area contributed by atoms with Gasteiger partial charge in [0.15, 0.2) is 0 Å². The minimum absolute atomic E-state index is 0.0456. The first kappa shape index (κ1) is 17.4. The van der Waals surface area contributed by atoms with Crippen LogP contribution >= 0.6 is 23.1 Å². The highest BCUT2D eigenvalue weighted by atomic mass is 32.2. The summed E-state index contributed by atoms with van der Waals surface area (Å²) in [7, 11) is -3.84. The van der Waals surface area contributed by atoms with Gasteiger partial charge in [0.1, 0.15) is 10.0 Å². The number of thioether (sulfide) groups is 1. The van der Waals surface area contributed by atoms with Crippen LogP contribution in [0.3, 0.4) is 0 Å². The molecule has 0 unspecified atom stereocenters. The van der Waals surface area contributed by atoms with Crippen molar-refractivity contribution in [2.45, 2.75) is 28.5 Å². The highest BCUT2D eigenvalue weighted by Crippen LogP contribution is 2.37. The molecular formula is C15H15FN2O3S3. The molecule has 5 nitrogen and oxygen atoms in total. The Hall–Kier alpha value is -1.42. The molecule has 1 aromatic heterocycles. The van der Waals surface area contributed by atoms with E-state index in [9.17, 15) is 17.6 Å². The third-order valence-electron chi connectivity index (χ3n) is 3.70. The van der Waals surface area contributed by atoms with E-state index < -0.39 is 10.0 Å². The number of carbonyl (C=O) groups is 1. The molecule has 0 radical (unpaired) electrons. The fraction of sp³-hybridized carbons (Fsp3) is 0.267. The number of thiophene rings is 1. The summed E-state index contributed by atoms with van der Waals surface area (Å²) in [5.41, 5.74) is 1.30. The van der Waals surface area contributed by atoms with Crippen molar-refractivity contribution in [3.8, 4) is 0 Å². The van der Waals surface area contributed by atoms with Crippen LogP contribution in [0.15, 0.2) is 33.4 Å². The predicted molar refractivity (Wildman–Crippen MR) is 92.4 cm³/mol. The Bertz CT molecular complexity index is 909. The normalized spacial score (nSPS) is 17.4. The Morgan fingerprint density at radius 1 is 1.38 bits per heavy atom. The molecule has 24 heavy (non-hydrogen) atoms. The monoisotopic (exact) mass is 386 g/mol. The number of sulfonamides is 1. The number of rotatable bonds is 3. The predicted octanol–water partition coefficient (Wildman–Crippen LogP) is 2.81. The summed E-state index contributed by atoms with van der Waals surface area (Å²) < 4.78 is 36.3. The lowest BCUT2D eigenvalue weighted by atomic mass is 10.0. The van der Waals surface area contributed by atoms with Crippen molar-refractivity contribution in [3.05, 3.63) is 46.1 Å². The largest absolute Gasteiger partial charge is 0.344 e.